The fourth-order valence-corrected chi connectivity index (χ4v) is 2.08. The Morgan fingerprint density at radius 3 is 2.86 bits per heavy atom. The summed E-state index contributed by atoms with van der Waals surface area (Å²) in [5.74, 6) is 1.00. The molecular weight excluding hydrogens is 282 g/mol. The second kappa shape index (κ2) is 6.13. The SMILES string of the molecule is CC(C)C(NC(=O)NC1CC1)c1nc(-c2cccnc2)no1. The maximum Gasteiger partial charge on any atom is 0.315 e. The first-order chi connectivity index (χ1) is 10.6. The summed E-state index contributed by atoms with van der Waals surface area (Å²) in [4.78, 5) is 20.4. The highest BCUT2D eigenvalue weighted by molar-refractivity contribution is 5.75. The molecule has 22 heavy (non-hydrogen) atoms. The van der Waals surface area contributed by atoms with Crippen molar-refractivity contribution >= 4 is 6.03 Å². The molecule has 0 spiro atoms. The van der Waals surface area contributed by atoms with Crippen molar-refractivity contribution in [3.8, 4) is 11.4 Å². The molecule has 1 unspecified atom stereocenters. The van der Waals surface area contributed by atoms with Crippen molar-refractivity contribution < 1.29 is 9.32 Å². The first-order valence-corrected chi connectivity index (χ1v) is 7.44. The van der Waals surface area contributed by atoms with Crippen LogP contribution in [0.3, 0.4) is 0 Å². The second-order valence-corrected chi connectivity index (χ2v) is 5.81. The van der Waals surface area contributed by atoms with Gasteiger partial charge >= 0.3 is 6.03 Å². The quantitative estimate of drug-likeness (QED) is 0.883. The average Bonchev–Trinajstić information content (AvgIpc) is 3.18. The van der Waals surface area contributed by atoms with Gasteiger partial charge in [-0.05, 0) is 30.9 Å². The van der Waals surface area contributed by atoms with Crippen molar-refractivity contribution in [3.05, 3.63) is 30.4 Å². The van der Waals surface area contributed by atoms with Crippen LogP contribution in [0, 0.1) is 5.92 Å². The minimum Gasteiger partial charge on any atom is -0.337 e. The number of nitrogens with one attached hydrogen (secondary N) is 2. The van der Waals surface area contributed by atoms with E-state index in [4.69, 9.17) is 4.52 Å². The van der Waals surface area contributed by atoms with E-state index >= 15 is 0 Å². The number of nitrogens with zero attached hydrogens (tertiary/aromatic N) is 3. The molecule has 116 valence electrons. The fraction of sp³-hybridized carbons (Fsp3) is 0.467. The van der Waals surface area contributed by atoms with Gasteiger partial charge in [0.15, 0.2) is 0 Å². The van der Waals surface area contributed by atoms with Gasteiger partial charge in [0.2, 0.25) is 11.7 Å². The summed E-state index contributed by atoms with van der Waals surface area (Å²) >= 11 is 0. The molecule has 0 saturated heterocycles. The molecule has 3 rings (SSSR count). The van der Waals surface area contributed by atoms with Crippen molar-refractivity contribution in [1.29, 1.82) is 0 Å². The van der Waals surface area contributed by atoms with Gasteiger partial charge in [0.1, 0.15) is 6.04 Å². The number of urea groups is 1. The van der Waals surface area contributed by atoms with Crippen LogP contribution in [0.2, 0.25) is 0 Å². The molecule has 7 heteroatoms. The van der Waals surface area contributed by atoms with E-state index in [-0.39, 0.29) is 18.0 Å². The number of hydrogen-bond donors (Lipinski definition) is 2. The fourth-order valence-electron chi connectivity index (χ4n) is 2.08. The highest BCUT2D eigenvalue weighted by Gasteiger charge is 2.28. The molecule has 0 aliphatic heterocycles. The molecule has 0 aromatic carbocycles. The molecule has 1 fully saturated rings. The van der Waals surface area contributed by atoms with Crippen LogP contribution in [-0.4, -0.2) is 27.2 Å². The van der Waals surface area contributed by atoms with Crippen LogP contribution in [0.4, 0.5) is 4.79 Å². The number of hydrogen-bond acceptors (Lipinski definition) is 5. The topological polar surface area (TPSA) is 92.9 Å². The van der Waals surface area contributed by atoms with Gasteiger partial charge in [0.05, 0.1) is 0 Å². The molecule has 2 N–H and O–H groups in total. The Morgan fingerprint density at radius 1 is 1.41 bits per heavy atom. The van der Waals surface area contributed by atoms with E-state index in [9.17, 15) is 4.79 Å². The van der Waals surface area contributed by atoms with Crippen LogP contribution in [0.25, 0.3) is 11.4 Å². The van der Waals surface area contributed by atoms with E-state index in [1.54, 1.807) is 12.4 Å². The Labute approximate surface area is 128 Å². The maximum atomic E-state index is 11.9. The zero-order valence-electron chi connectivity index (χ0n) is 12.6. The molecule has 1 aliphatic carbocycles. The number of carbonyl (C=O) groups is 1. The standard InChI is InChI=1S/C15H19N5O2/c1-9(2)12(18-15(21)17-11-5-6-11)14-19-13(20-22-14)10-4-3-7-16-8-10/h3-4,7-9,11-12H,5-6H2,1-2H3,(H2,17,18,21). The monoisotopic (exact) mass is 301 g/mol. The smallest absolute Gasteiger partial charge is 0.315 e. The summed E-state index contributed by atoms with van der Waals surface area (Å²) in [5.41, 5.74) is 0.780. The number of amides is 2. The molecule has 1 saturated carbocycles. The van der Waals surface area contributed by atoms with Gasteiger partial charge in [0.25, 0.3) is 0 Å². The Morgan fingerprint density at radius 2 is 2.23 bits per heavy atom. The normalized spacial score (nSPS) is 15.6. The van der Waals surface area contributed by atoms with E-state index in [2.05, 4.69) is 25.8 Å². The van der Waals surface area contributed by atoms with Crippen molar-refractivity contribution in [2.24, 2.45) is 5.92 Å². The predicted molar refractivity (Wildman–Crippen MR) is 79.8 cm³/mol. The summed E-state index contributed by atoms with van der Waals surface area (Å²) in [6.45, 7) is 3.99. The number of pyridine rings is 1. The zero-order valence-corrected chi connectivity index (χ0v) is 12.6. The Bertz CT molecular complexity index is 636. The van der Waals surface area contributed by atoms with Crippen molar-refractivity contribution in [2.75, 3.05) is 0 Å². The third-order valence-corrected chi connectivity index (χ3v) is 3.49. The largest absolute Gasteiger partial charge is 0.337 e. The summed E-state index contributed by atoms with van der Waals surface area (Å²) < 4.78 is 5.33. The molecule has 7 nitrogen and oxygen atoms in total. The lowest BCUT2D eigenvalue weighted by molar-refractivity contribution is 0.224. The molecule has 0 bridgehead atoms. The molecule has 0 radical (unpaired) electrons. The van der Waals surface area contributed by atoms with Crippen LogP contribution in [0.15, 0.2) is 29.0 Å². The molecular formula is C15H19N5O2. The average molecular weight is 301 g/mol. The highest BCUT2D eigenvalue weighted by atomic mass is 16.5. The van der Waals surface area contributed by atoms with Gasteiger partial charge in [-0.15, -0.1) is 0 Å². The number of aromatic nitrogens is 3. The summed E-state index contributed by atoms with van der Waals surface area (Å²) in [6, 6.07) is 3.46. The maximum absolute atomic E-state index is 11.9. The van der Waals surface area contributed by atoms with Gasteiger partial charge in [-0.25, -0.2) is 4.79 Å². The Balaban J connectivity index is 1.74. The molecule has 2 aromatic heterocycles. The predicted octanol–water partition coefficient (Wildman–Crippen LogP) is 2.29. The van der Waals surface area contributed by atoms with Crippen LogP contribution < -0.4 is 10.6 Å². The van der Waals surface area contributed by atoms with E-state index < -0.39 is 0 Å². The third-order valence-electron chi connectivity index (χ3n) is 3.49. The summed E-state index contributed by atoms with van der Waals surface area (Å²) in [5, 5.41) is 9.78. The van der Waals surface area contributed by atoms with Gasteiger partial charge in [-0.3, -0.25) is 4.98 Å². The lowest BCUT2D eigenvalue weighted by Crippen LogP contribution is -2.40. The first-order valence-electron chi connectivity index (χ1n) is 7.44. The second-order valence-electron chi connectivity index (χ2n) is 5.81. The number of rotatable bonds is 5. The molecule has 2 amide bonds. The zero-order chi connectivity index (χ0) is 15.5. The Hall–Kier alpha value is -2.44. The van der Waals surface area contributed by atoms with Gasteiger partial charge < -0.3 is 15.2 Å². The lowest BCUT2D eigenvalue weighted by Gasteiger charge is -2.18. The molecule has 2 aromatic rings. The van der Waals surface area contributed by atoms with Gasteiger partial charge in [0, 0.05) is 24.0 Å². The van der Waals surface area contributed by atoms with E-state index in [0.29, 0.717) is 17.8 Å². The summed E-state index contributed by atoms with van der Waals surface area (Å²) in [6.07, 6.45) is 5.45. The Kier molecular flexibility index (Phi) is 4.04. The van der Waals surface area contributed by atoms with Gasteiger partial charge in [-0.2, -0.15) is 4.98 Å². The third kappa shape index (κ3) is 3.41. The van der Waals surface area contributed by atoms with E-state index in [1.165, 1.54) is 0 Å². The minimum absolute atomic E-state index is 0.132. The lowest BCUT2D eigenvalue weighted by atomic mass is 10.0. The van der Waals surface area contributed by atoms with E-state index in [1.807, 2.05) is 26.0 Å². The van der Waals surface area contributed by atoms with Crippen LogP contribution in [-0.2, 0) is 0 Å². The van der Waals surface area contributed by atoms with Crippen LogP contribution in [0.1, 0.15) is 38.6 Å². The van der Waals surface area contributed by atoms with Crippen molar-refractivity contribution in [3.63, 3.8) is 0 Å². The van der Waals surface area contributed by atoms with Crippen LogP contribution in [0.5, 0.6) is 0 Å². The van der Waals surface area contributed by atoms with Crippen molar-refractivity contribution in [1.82, 2.24) is 25.8 Å². The number of carbonyl (C=O) groups excluding carboxylic acids is 1. The van der Waals surface area contributed by atoms with Crippen molar-refractivity contribution in [2.45, 2.75) is 38.8 Å². The molecule has 1 aliphatic rings. The highest BCUT2D eigenvalue weighted by Crippen LogP contribution is 2.24. The molecule has 2 heterocycles. The van der Waals surface area contributed by atoms with Crippen LogP contribution >= 0.6 is 0 Å². The summed E-state index contributed by atoms with van der Waals surface area (Å²) in [7, 11) is 0. The van der Waals surface area contributed by atoms with Gasteiger partial charge in [-0.1, -0.05) is 19.0 Å². The van der Waals surface area contributed by atoms with E-state index in [0.717, 1.165) is 18.4 Å². The first kappa shape index (κ1) is 14.5. The molecule has 1 atom stereocenters. The minimum atomic E-state index is -0.323.